The van der Waals surface area contributed by atoms with E-state index in [2.05, 4.69) is 5.32 Å². The van der Waals surface area contributed by atoms with Gasteiger partial charge >= 0.3 is 0 Å². The molecule has 0 saturated carbocycles. The molecule has 1 fully saturated rings. The summed E-state index contributed by atoms with van der Waals surface area (Å²) < 4.78 is 10.7. The van der Waals surface area contributed by atoms with Gasteiger partial charge in [-0.15, -0.1) is 11.8 Å². The molecule has 0 aliphatic carbocycles. The summed E-state index contributed by atoms with van der Waals surface area (Å²) in [7, 11) is 0. The molecular weight excluding hydrogens is 392 g/mol. The number of Topliss-reactive ketones (excluding diaryl/α,β-unsaturated/α-hetero) is 1. The smallest absolute Gasteiger partial charge is 0.231 e. The number of thioether (sulfide) groups is 1. The van der Waals surface area contributed by atoms with Gasteiger partial charge in [-0.25, -0.2) is 0 Å². The zero-order valence-corrected chi connectivity index (χ0v) is 16.9. The van der Waals surface area contributed by atoms with Gasteiger partial charge in [0.05, 0.1) is 11.6 Å². The van der Waals surface area contributed by atoms with Crippen molar-refractivity contribution >= 4 is 40.7 Å². The van der Waals surface area contributed by atoms with Gasteiger partial charge in [0.15, 0.2) is 17.3 Å². The van der Waals surface area contributed by atoms with Crippen LogP contribution in [-0.4, -0.2) is 37.2 Å². The Labute approximate surface area is 172 Å². The number of carbonyl (C=O) groups is 3. The van der Waals surface area contributed by atoms with Gasteiger partial charge in [0.2, 0.25) is 18.6 Å². The molecule has 1 unspecified atom stereocenters. The lowest BCUT2D eigenvalue weighted by Gasteiger charge is -2.18. The standard InChI is InChI=1S/C21H20N2O5S/c1-12(24)16-8-18-19(28-11-27-18)9-17(16)22-21(26)13-6-20(25)23(10-13)14-4-3-5-15(7-14)29-2/h3-5,7-9,13H,6,10-11H2,1-2H3,(H,22,26). The maximum Gasteiger partial charge on any atom is 0.231 e. The number of carbonyl (C=O) groups excluding carboxylic acids is 3. The van der Waals surface area contributed by atoms with Gasteiger partial charge in [0.1, 0.15) is 0 Å². The molecule has 1 saturated heterocycles. The van der Waals surface area contributed by atoms with E-state index in [0.717, 1.165) is 10.6 Å². The molecule has 2 heterocycles. The number of hydrogen-bond donors (Lipinski definition) is 1. The maximum absolute atomic E-state index is 12.9. The van der Waals surface area contributed by atoms with Crippen LogP contribution < -0.4 is 19.7 Å². The minimum absolute atomic E-state index is 0.0747. The molecule has 0 bridgehead atoms. The van der Waals surface area contributed by atoms with E-state index < -0.39 is 5.92 Å². The molecular formula is C21H20N2O5S. The van der Waals surface area contributed by atoms with Crippen LogP contribution in [0.25, 0.3) is 0 Å². The molecule has 8 heteroatoms. The van der Waals surface area contributed by atoms with Crippen LogP contribution in [0, 0.1) is 5.92 Å². The molecule has 0 spiro atoms. The predicted octanol–water partition coefficient (Wildman–Crippen LogP) is 3.33. The number of benzene rings is 2. The van der Waals surface area contributed by atoms with E-state index in [9.17, 15) is 14.4 Å². The lowest BCUT2D eigenvalue weighted by molar-refractivity contribution is -0.122. The molecule has 150 valence electrons. The zero-order chi connectivity index (χ0) is 20.5. The molecule has 2 aromatic rings. The summed E-state index contributed by atoms with van der Waals surface area (Å²) in [6, 6.07) is 10.8. The van der Waals surface area contributed by atoms with Crippen LogP contribution in [0.2, 0.25) is 0 Å². The van der Waals surface area contributed by atoms with Crippen molar-refractivity contribution in [2.45, 2.75) is 18.2 Å². The van der Waals surface area contributed by atoms with Crippen LogP contribution in [-0.2, 0) is 9.59 Å². The summed E-state index contributed by atoms with van der Waals surface area (Å²) in [5.74, 6) is -0.154. The number of fused-ring (bicyclic) bond motifs is 1. The van der Waals surface area contributed by atoms with E-state index in [1.165, 1.54) is 6.92 Å². The maximum atomic E-state index is 12.9. The molecule has 1 atom stereocenters. The lowest BCUT2D eigenvalue weighted by Crippen LogP contribution is -2.28. The van der Waals surface area contributed by atoms with Crippen molar-refractivity contribution in [1.82, 2.24) is 0 Å². The van der Waals surface area contributed by atoms with E-state index in [1.807, 2.05) is 30.5 Å². The highest BCUT2D eigenvalue weighted by molar-refractivity contribution is 7.98. The minimum Gasteiger partial charge on any atom is -0.454 e. The third kappa shape index (κ3) is 3.80. The first-order valence-electron chi connectivity index (χ1n) is 9.16. The van der Waals surface area contributed by atoms with Gasteiger partial charge in [0, 0.05) is 35.2 Å². The minimum atomic E-state index is -0.509. The molecule has 4 rings (SSSR count). The first kappa shape index (κ1) is 19.3. The Balaban J connectivity index is 1.52. The van der Waals surface area contributed by atoms with Crippen LogP contribution in [0.5, 0.6) is 11.5 Å². The lowest BCUT2D eigenvalue weighted by atomic mass is 10.1. The SMILES string of the molecule is CSc1cccc(N2CC(C(=O)Nc3cc4c(cc3C(C)=O)OCO4)CC2=O)c1. The van der Waals surface area contributed by atoms with E-state index >= 15 is 0 Å². The Kier molecular flexibility index (Phi) is 5.19. The highest BCUT2D eigenvalue weighted by atomic mass is 32.2. The molecule has 29 heavy (non-hydrogen) atoms. The van der Waals surface area contributed by atoms with Gasteiger partial charge in [0.25, 0.3) is 0 Å². The average Bonchev–Trinajstić information content (AvgIpc) is 3.33. The van der Waals surface area contributed by atoms with Crippen molar-refractivity contribution in [1.29, 1.82) is 0 Å². The third-order valence-electron chi connectivity index (χ3n) is 5.01. The number of ketones is 1. The predicted molar refractivity (Wildman–Crippen MR) is 110 cm³/mol. The summed E-state index contributed by atoms with van der Waals surface area (Å²) in [6.45, 7) is 1.79. The second-order valence-electron chi connectivity index (χ2n) is 6.90. The third-order valence-corrected chi connectivity index (χ3v) is 5.74. The second-order valence-corrected chi connectivity index (χ2v) is 7.78. The monoisotopic (exact) mass is 412 g/mol. The first-order valence-corrected chi connectivity index (χ1v) is 10.4. The molecule has 2 aromatic carbocycles. The largest absolute Gasteiger partial charge is 0.454 e. The molecule has 7 nitrogen and oxygen atoms in total. The van der Waals surface area contributed by atoms with Crippen molar-refractivity contribution < 1.29 is 23.9 Å². The Morgan fingerprint density at radius 1 is 1.17 bits per heavy atom. The highest BCUT2D eigenvalue weighted by Crippen LogP contribution is 2.38. The Morgan fingerprint density at radius 3 is 2.66 bits per heavy atom. The van der Waals surface area contributed by atoms with Crippen molar-refractivity contribution in [3.63, 3.8) is 0 Å². The topological polar surface area (TPSA) is 84.9 Å². The first-order chi connectivity index (χ1) is 14.0. The fraction of sp³-hybridized carbons (Fsp3) is 0.286. The Morgan fingerprint density at radius 2 is 1.93 bits per heavy atom. The average molecular weight is 412 g/mol. The van der Waals surface area contributed by atoms with Crippen LogP contribution in [0.15, 0.2) is 41.3 Å². The summed E-state index contributed by atoms with van der Waals surface area (Å²) in [4.78, 5) is 40.1. The van der Waals surface area contributed by atoms with E-state index in [0.29, 0.717) is 29.3 Å². The van der Waals surface area contributed by atoms with E-state index in [4.69, 9.17) is 9.47 Å². The van der Waals surface area contributed by atoms with Gasteiger partial charge in [-0.2, -0.15) is 0 Å². The quantitative estimate of drug-likeness (QED) is 0.599. The summed E-state index contributed by atoms with van der Waals surface area (Å²) in [6.07, 6.45) is 2.09. The number of amides is 2. The number of ether oxygens (including phenoxy) is 2. The number of rotatable bonds is 5. The van der Waals surface area contributed by atoms with Gasteiger partial charge in [-0.1, -0.05) is 6.07 Å². The number of anilines is 2. The second kappa shape index (κ2) is 7.79. The number of nitrogens with zero attached hydrogens (tertiary/aromatic N) is 1. The highest BCUT2D eigenvalue weighted by Gasteiger charge is 2.35. The van der Waals surface area contributed by atoms with Crippen molar-refractivity contribution in [2.75, 3.05) is 29.8 Å². The summed E-state index contributed by atoms with van der Waals surface area (Å²) in [5, 5.41) is 2.80. The van der Waals surface area contributed by atoms with Crippen LogP contribution in [0.3, 0.4) is 0 Å². The molecule has 2 aliphatic rings. The van der Waals surface area contributed by atoms with Crippen LogP contribution in [0.4, 0.5) is 11.4 Å². The van der Waals surface area contributed by atoms with Crippen molar-refractivity contribution in [3.05, 3.63) is 42.0 Å². The Hall–Kier alpha value is -3.00. The van der Waals surface area contributed by atoms with Crippen molar-refractivity contribution in [2.24, 2.45) is 5.92 Å². The summed E-state index contributed by atoms with van der Waals surface area (Å²) in [5.41, 5.74) is 1.49. The van der Waals surface area contributed by atoms with Crippen molar-refractivity contribution in [3.8, 4) is 11.5 Å². The fourth-order valence-corrected chi connectivity index (χ4v) is 3.94. The van der Waals surface area contributed by atoms with Crippen LogP contribution >= 0.6 is 11.8 Å². The van der Waals surface area contributed by atoms with E-state index in [-0.39, 0.29) is 30.8 Å². The molecule has 0 radical (unpaired) electrons. The molecule has 2 amide bonds. The molecule has 0 aromatic heterocycles. The number of nitrogens with one attached hydrogen (secondary N) is 1. The fourth-order valence-electron chi connectivity index (χ4n) is 3.48. The summed E-state index contributed by atoms with van der Waals surface area (Å²) >= 11 is 1.59. The Bertz CT molecular complexity index is 1010. The number of hydrogen-bond acceptors (Lipinski definition) is 6. The molecule has 1 N–H and O–H groups in total. The molecule has 2 aliphatic heterocycles. The normalized spacial score (nSPS) is 17.5. The van der Waals surface area contributed by atoms with Gasteiger partial charge in [-0.3, -0.25) is 14.4 Å². The van der Waals surface area contributed by atoms with Gasteiger partial charge < -0.3 is 19.7 Å². The zero-order valence-electron chi connectivity index (χ0n) is 16.1. The van der Waals surface area contributed by atoms with E-state index in [1.54, 1.807) is 28.8 Å². The van der Waals surface area contributed by atoms with Gasteiger partial charge in [-0.05, 0) is 37.4 Å². The van der Waals surface area contributed by atoms with Crippen LogP contribution in [0.1, 0.15) is 23.7 Å².